The molecule has 0 aliphatic heterocycles. The Bertz CT molecular complexity index is 977. The summed E-state index contributed by atoms with van der Waals surface area (Å²) in [6, 6.07) is 14.2. The molecule has 0 spiro atoms. The lowest BCUT2D eigenvalue weighted by atomic mass is 9.98. The molecule has 3 rings (SSSR count). The molecule has 0 radical (unpaired) electrons. The molecule has 0 aromatic heterocycles. The van der Waals surface area contributed by atoms with Gasteiger partial charge in [-0.15, -0.1) is 0 Å². The topological polar surface area (TPSA) is 99.2 Å². The van der Waals surface area contributed by atoms with Crippen LogP contribution in [0.5, 0.6) is 0 Å². The van der Waals surface area contributed by atoms with E-state index in [0.717, 1.165) is 22.3 Å². The number of hydrogen-bond acceptors (Lipinski definition) is 5. The fourth-order valence-corrected chi connectivity index (χ4v) is 4.35. The molecule has 2 amide bonds. The minimum atomic E-state index is -1.09. The zero-order valence-electron chi connectivity index (χ0n) is 19.4. The summed E-state index contributed by atoms with van der Waals surface area (Å²) in [5.41, 5.74) is 4.45. The van der Waals surface area contributed by atoms with Crippen molar-refractivity contribution in [3.63, 3.8) is 0 Å². The molecule has 33 heavy (non-hydrogen) atoms. The van der Waals surface area contributed by atoms with Crippen LogP contribution >= 0.6 is 0 Å². The lowest BCUT2D eigenvalue weighted by Crippen LogP contribution is -2.55. The van der Waals surface area contributed by atoms with E-state index >= 15 is 0 Å². The number of rotatable bonds is 9. The maximum atomic E-state index is 13.0. The second kappa shape index (κ2) is 10.5. The smallest absolute Gasteiger partial charge is 0.407 e. The largest absolute Gasteiger partial charge is 0.480 e. The summed E-state index contributed by atoms with van der Waals surface area (Å²) in [5.74, 6) is -1.66. The molecule has 8 nitrogen and oxygen atoms in total. The lowest BCUT2D eigenvalue weighted by molar-refractivity contribution is -0.150. The van der Waals surface area contributed by atoms with Crippen molar-refractivity contribution in [1.29, 1.82) is 0 Å². The molecule has 0 saturated heterocycles. The molecule has 2 N–H and O–H groups in total. The van der Waals surface area contributed by atoms with E-state index in [-0.39, 0.29) is 25.5 Å². The van der Waals surface area contributed by atoms with Crippen molar-refractivity contribution in [3.8, 4) is 11.1 Å². The third-order valence-corrected chi connectivity index (χ3v) is 5.97. The van der Waals surface area contributed by atoms with Gasteiger partial charge in [0.15, 0.2) is 0 Å². The molecule has 1 aliphatic rings. The van der Waals surface area contributed by atoms with Gasteiger partial charge in [-0.25, -0.2) is 9.59 Å². The fourth-order valence-electron chi connectivity index (χ4n) is 4.35. The summed E-state index contributed by atoms with van der Waals surface area (Å²) in [5, 5.41) is 12.0. The van der Waals surface area contributed by atoms with Crippen LogP contribution in [0.2, 0.25) is 0 Å². The Labute approximate surface area is 194 Å². The number of aliphatic carboxylic acids is 1. The average Bonchev–Trinajstić information content (AvgIpc) is 3.10. The third-order valence-electron chi connectivity index (χ3n) is 5.97. The van der Waals surface area contributed by atoms with Crippen molar-refractivity contribution in [2.75, 3.05) is 34.3 Å². The predicted molar refractivity (Wildman–Crippen MR) is 125 cm³/mol. The minimum absolute atomic E-state index is 0.0923. The minimum Gasteiger partial charge on any atom is -0.480 e. The van der Waals surface area contributed by atoms with E-state index in [2.05, 4.69) is 17.4 Å². The molecule has 1 aliphatic carbocycles. The predicted octanol–water partition coefficient (Wildman–Crippen LogP) is 2.78. The monoisotopic (exact) mass is 453 g/mol. The van der Waals surface area contributed by atoms with Crippen LogP contribution in [0.1, 0.15) is 30.4 Å². The zero-order chi connectivity index (χ0) is 24.1. The second-order valence-electron chi connectivity index (χ2n) is 8.50. The van der Waals surface area contributed by atoms with Crippen molar-refractivity contribution >= 4 is 18.0 Å². The number of carbonyl (C=O) groups excluding carboxylic acids is 2. The highest BCUT2D eigenvalue weighted by Gasteiger charge is 2.33. The summed E-state index contributed by atoms with van der Waals surface area (Å²) in [7, 11) is 4.98. The number of likely N-dealkylation sites (N-methyl/N-ethyl adjacent to an activating group) is 2. The lowest BCUT2D eigenvalue weighted by Gasteiger charge is -2.29. The van der Waals surface area contributed by atoms with E-state index in [9.17, 15) is 19.5 Å². The zero-order valence-corrected chi connectivity index (χ0v) is 19.4. The number of hydrogen-bond donors (Lipinski definition) is 2. The number of alkyl carbamates (subject to hydrolysis) is 1. The van der Waals surface area contributed by atoms with E-state index in [1.54, 1.807) is 25.9 Å². The standard InChI is InChI=1S/C25H31N3O5/c1-5-22(24(30)31)28(4)23(29)21(14-27(2)3)26-25(32)33-15-20-18-12-8-6-10-16(18)17-11-7-9-13-19(17)20/h6-13,20-22H,5,14-15H2,1-4H3,(H,26,32)(H,30,31). The van der Waals surface area contributed by atoms with E-state index < -0.39 is 30.1 Å². The number of fused-ring (bicyclic) bond motifs is 3. The van der Waals surface area contributed by atoms with Crippen LogP contribution in [0, 0.1) is 0 Å². The van der Waals surface area contributed by atoms with Crippen LogP contribution in [0.4, 0.5) is 4.79 Å². The van der Waals surface area contributed by atoms with Gasteiger partial charge in [0.25, 0.3) is 0 Å². The first kappa shape index (κ1) is 24.3. The number of benzene rings is 2. The maximum Gasteiger partial charge on any atom is 0.407 e. The van der Waals surface area contributed by atoms with Gasteiger partial charge in [-0.3, -0.25) is 4.79 Å². The van der Waals surface area contributed by atoms with Gasteiger partial charge in [-0.1, -0.05) is 55.5 Å². The van der Waals surface area contributed by atoms with Gasteiger partial charge in [-0.2, -0.15) is 0 Å². The Morgan fingerprint density at radius 1 is 1.00 bits per heavy atom. The summed E-state index contributed by atoms with van der Waals surface area (Å²) < 4.78 is 5.56. The summed E-state index contributed by atoms with van der Waals surface area (Å²) in [6.45, 7) is 2.04. The van der Waals surface area contributed by atoms with E-state index in [1.807, 2.05) is 36.4 Å². The number of nitrogens with one attached hydrogen (secondary N) is 1. The van der Waals surface area contributed by atoms with Gasteiger partial charge in [0.1, 0.15) is 18.7 Å². The Balaban J connectivity index is 1.70. The van der Waals surface area contributed by atoms with Crippen LogP contribution in [-0.4, -0.2) is 79.3 Å². The molecular weight excluding hydrogens is 422 g/mol. The number of carboxylic acid groups (broad SMARTS) is 1. The van der Waals surface area contributed by atoms with Crippen LogP contribution in [0.25, 0.3) is 11.1 Å². The molecule has 2 aromatic carbocycles. The van der Waals surface area contributed by atoms with E-state index in [1.165, 1.54) is 11.9 Å². The molecule has 0 bridgehead atoms. The molecule has 2 aromatic rings. The van der Waals surface area contributed by atoms with Crippen molar-refractivity contribution < 1.29 is 24.2 Å². The van der Waals surface area contributed by atoms with Crippen LogP contribution in [0.15, 0.2) is 48.5 Å². The molecule has 176 valence electrons. The van der Waals surface area contributed by atoms with Gasteiger partial charge in [0.05, 0.1) is 0 Å². The number of amides is 2. The highest BCUT2D eigenvalue weighted by atomic mass is 16.5. The first-order valence-corrected chi connectivity index (χ1v) is 11.0. The quantitative estimate of drug-likeness (QED) is 0.606. The SMILES string of the molecule is CCC(C(=O)O)N(C)C(=O)C(CN(C)C)NC(=O)OCC1c2ccccc2-c2ccccc21. The molecule has 0 saturated carbocycles. The molecule has 0 heterocycles. The van der Waals surface area contributed by atoms with Gasteiger partial charge >= 0.3 is 12.1 Å². The highest BCUT2D eigenvalue weighted by Crippen LogP contribution is 2.44. The van der Waals surface area contributed by atoms with Crippen LogP contribution < -0.4 is 5.32 Å². The summed E-state index contributed by atoms with van der Waals surface area (Å²) in [4.78, 5) is 40.0. The Kier molecular flexibility index (Phi) is 7.71. The second-order valence-corrected chi connectivity index (χ2v) is 8.50. The van der Waals surface area contributed by atoms with Crippen molar-refractivity contribution in [2.24, 2.45) is 0 Å². The Hall–Kier alpha value is -3.39. The Morgan fingerprint density at radius 2 is 1.55 bits per heavy atom. The molecule has 2 atom stereocenters. The molecular formula is C25H31N3O5. The fraction of sp³-hybridized carbons (Fsp3) is 0.400. The maximum absolute atomic E-state index is 13.0. The normalized spacial score (nSPS) is 14.2. The third kappa shape index (κ3) is 5.34. The number of ether oxygens (including phenoxy) is 1. The summed E-state index contributed by atoms with van der Waals surface area (Å²) >= 11 is 0. The van der Waals surface area contributed by atoms with Gasteiger partial charge in [-0.05, 0) is 42.8 Å². The van der Waals surface area contributed by atoms with Gasteiger partial charge < -0.3 is 25.0 Å². The first-order chi connectivity index (χ1) is 15.7. The number of carboxylic acids is 1. The van der Waals surface area contributed by atoms with Gasteiger partial charge in [0.2, 0.25) is 5.91 Å². The van der Waals surface area contributed by atoms with Crippen LogP contribution in [0.3, 0.4) is 0 Å². The van der Waals surface area contributed by atoms with Crippen molar-refractivity contribution in [1.82, 2.24) is 15.1 Å². The molecule has 8 heteroatoms. The molecule has 0 fully saturated rings. The summed E-state index contributed by atoms with van der Waals surface area (Å²) in [6.07, 6.45) is -0.453. The van der Waals surface area contributed by atoms with E-state index in [0.29, 0.717) is 0 Å². The molecule has 2 unspecified atom stereocenters. The van der Waals surface area contributed by atoms with Gasteiger partial charge in [0, 0.05) is 19.5 Å². The average molecular weight is 454 g/mol. The Morgan fingerprint density at radius 3 is 2.03 bits per heavy atom. The highest BCUT2D eigenvalue weighted by molar-refractivity contribution is 5.89. The number of nitrogens with zero attached hydrogens (tertiary/aromatic N) is 2. The number of carbonyl (C=O) groups is 3. The van der Waals surface area contributed by atoms with Crippen LogP contribution in [-0.2, 0) is 14.3 Å². The first-order valence-electron chi connectivity index (χ1n) is 11.0. The van der Waals surface area contributed by atoms with E-state index in [4.69, 9.17) is 4.74 Å². The van der Waals surface area contributed by atoms with Crippen molar-refractivity contribution in [2.45, 2.75) is 31.3 Å². The van der Waals surface area contributed by atoms with Crippen molar-refractivity contribution in [3.05, 3.63) is 59.7 Å².